The molecule has 18 heavy (non-hydrogen) atoms. The number of hydrogen-bond acceptors (Lipinski definition) is 3. The molecule has 1 aliphatic heterocycles. The average Bonchev–Trinajstić information content (AvgIpc) is 2.37. The van der Waals surface area contributed by atoms with Gasteiger partial charge in [-0.1, -0.05) is 20.8 Å². The molecule has 1 aliphatic carbocycles. The molecule has 3 heteroatoms. The number of rotatable bonds is 3. The lowest BCUT2D eigenvalue weighted by Gasteiger charge is -2.37. The first kappa shape index (κ1) is 15.1. The summed E-state index contributed by atoms with van der Waals surface area (Å²) in [5, 5.41) is 4.69. The van der Waals surface area contributed by atoms with Crippen LogP contribution in [0.15, 0.2) is 0 Å². The topological polar surface area (TPSA) is 12.0 Å². The van der Waals surface area contributed by atoms with Gasteiger partial charge in [0.25, 0.3) is 0 Å². The highest BCUT2D eigenvalue weighted by Crippen LogP contribution is 2.37. The molecule has 0 aromatic carbocycles. The summed E-state index contributed by atoms with van der Waals surface area (Å²) in [6, 6.07) is 0.802. The van der Waals surface area contributed by atoms with Crippen LogP contribution in [0, 0.1) is 11.3 Å². The van der Waals surface area contributed by atoms with Gasteiger partial charge in [0, 0.05) is 35.1 Å². The molecular weight excluding hydrogens is 258 g/mol. The van der Waals surface area contributed by atoms with Crippen molar-refractivity contribution in [2.24, 2.45) is 11.3 Å². The van der Waals surface area contributed by atoms with Crippen LogP contribution < -0.4 is 5.32 Å². The van der Waals surface area contributed by atoms with Crippen molar-refractivity contribution in [3.63, 3.8) is 0 Å². The molecule has 0 aromatic heterocycles. The molecule has 2 fully saturated rings. The molecule has 0 amide bonds. The van der Waals surface area contributed by atoms with E-state index in [1.807, 2.05) is 0 Å². The molecule has 0 spiro atoms. The molecule has 1 N–H and O–H groups in total. The highest BCUT2D eigenvalue weighted by atomic mass is 32.2. The maximum Gasteiger partial charge on any atom is 0.0263 e. The molecule has 1 saturated heterocycles. The zero-order valence-electron chi connectivity index (χ0n) is 12.2. The molecule has 2 aliphatic rings. The molecule has 2 rings (SSSR count). The van der Waals surface area contributed by atoms with Gasteiger partial charge in [0.2, 0.25) is 0 Å². The molecule has 106 valence electrons. The van der Waals surface area contributed by atoms with E-state index in [0.29, 0.717) is 5.41 Å². The summed E-state index contributed by atoms with van der Waals surface area (Å²) in [6.07, 6.45) is 5.64. The minimum Gasteiger partial charge on any atom is -0.313 e. The van der Waals surface area contributed by atoms with Crippen LogP contribution in [0.1, 0.15) is 46.5 Å². The molecule has 1 heterocycles. The standard InChI is InChI=1S/C15H29NS2/c1-15(2,3)12-4-6-13(7-5-12)16-10-14-11-17-8-9-18-14/h12-14,16H,4-11H2,1-3H3. The van der Waals surface area contributed by atoms with E-state index < -0.39 is 0 Å². The van der Waals surface area contributed by atoms with Crippen LogP contribution in [-0.2, 0) is 0 Å². The Kier molecular flexibility index (Phi) is 5.77. The SMILES string of the molecule is CC(C)(C)C1CCC(NCC2CSCCS2)CC1. The van der Waals surface area contributed by atoms with E-state index in [2.05, 4.69) is 49.6 Å². The zero-order chi connectivity index (χ0) is 13.0. The number of thioether (sulfide) groups is 2. The number of hydrogen-bond donors (Lipinski definition) is 1. The van der Waals surface area contributed by atoms with Crippen LogP contribution >= 0.6 is 23.5 Å². The normalized spacial score (nSPS) is 34.5. The lowest BCUT2D eigenvalue weighted by atomic mass is 9.71. The Morgan fingerprint density at radius 2 is 1.78 bits per heavy atom. The second-order valence-corrected chi connectivity index (χ2v) is 9.45. The van der Waals surface area contributed by atoms with Crippen molar-refractivity contribution in [3.05, 3.63) is 0 Å². The van der Waals surface area contributed by atoms with Crippen LogP contribution in [0.2, 0.25) is 0 Å². The quantitative estimate of drug-likeness (QED) is 0.842. The maximum atomic E-state index is 3.83. The van der Waals surface area contributed by atoms with E-state index in [1.165, 1.54) is 49.5 Å². The van der Waals surface area contributed by atoms with Gasteiger partial charge in [0.05, 0.1) is 0 Å². The fourth-order valence-corrected chi connectivity index (χ4v) is 5.74. The third-order valence-corrected chi connectivity index (χ3v) is 7.32. The molecule has 1 atom stereocenters. The van der Waals surface area contributed by atoms with Gasteiger partial charge in [-0.25, -0.2) is 0 Å². The van der Waals surface area contributed by atoms with E-state index in [9.17, 15) is 0 Å². The summed E-state index contributed by atoms with van der Waals surface area (Å²) in [4.78, 5) is 0. The van der Waals surface area contributed by atoms with Gasteiger partial charge in [0.1, 0.15) is 0 Å². The Labute approximate surface area is 122 Å². The molecule has 1 unspecified atom stereocenters. The summed E-state index contributed by atoms with van der Waals surface area (Å²) in [6.45, 7) is 8.45. The average molecular weight is 288 g/mol. The van der Waals surface area contributed by atoms with Crippen molar-refractivity contribution >= 4 is 23.5 Å². The van der Waals surface area contributed by atoms with Crippen LogP contribution in [0.25, 0.3) is 0 Å². The highest BCUT2D eigenvalue weighted by molar-refractivity contribution is 8.06. The van der Waals surface area contributed by atoms with Crippen LogP contribution in [-0.4, -0.2) is 35.1 Å². The van der Waals surface area contributed by atoms with Crippen molar-refractivity contribution < 1.29 is 0 Å². The molecule has 1 saturated carbocycles. The second kappa shape index (κ2) is 6.90. The summed E-state index contributed by atoms with van der Waals surface area (Å²) in [5.74, 6) is 5.01. The van der Waals surface area contributed by atoms with Gasteiger partial charge in [-0.3, -0.25) is 0 Å². The molecule has 0 radical (unpaired) electrons. The molecular formula is C15H29NS2. The highest BCUT2D eigenvalue weighted by Gasteiger charge is 2.29. The predicted octanol–water partition coefficient (Wildman–Crippen LogP) is 4.03. The van der Waals surface area contributed by atoms with Crippen molar-refractivity contribution in [1.82, 2.24) is 5.32 Å². The first-order valence-electron chi connectivity index (χ1n) is 7.48. The van der Waals surface area contributed by atoms with Gasteiger partial charge in [-0.2, -0.15) is 23.5 Å². The molecule has 0 bridgehead atoms. The fraction of sp³-hybridized carbons (Fsp3) is 1.00. The smallest absolute Gasteiger partial charge is 0.0263 e. The van der Waals surface area contributed by atoms with Gasteiger partial charge in [0.15, 0.2) is 0 Å². The minimum absolute atomic E-state index is 0.515. The van der Waals surface area contributed by atoms with E-state index >= 15 is 0 Å². The van der Waals surface area contributed by atoms with Crippen LogP contribution in [0.3, 0.4) is 0 Å². The Bertz CT molecular complexity index is 235. The molecule has 1 nitrogen and oxygen atoms in total. The van der Waals surface area contributed by atoms with Crippen molar-refractivity contribution in [2.45, 2.75) is 57.7 Å². The van der Waals surface area contributed by atoms with Gasteiger partial charge in [-0.15, -0.1) is 0 Å². The third kappa shape index (κ3) is 4.64. The zero-order valence-corrected chi connectivity index (χ0v) is 13.8. The van der Waals surface area contributed by atoms with Crippen molar-refractivity contribution in [1.29, 1.82) is 0 Å². The van der Waals surface area contributed by atoms with Crippen molar-refractivity contribution in [2.75, 3.05) is 23.8 Å². The van der Waals surface area contributed by atoms with Crippen LogP contribution in [0.5, 0.6) is 0 Å². The van der Waals surface area contributed by atoms with E-state index in [0.717, 1.165) is 17.2 Å². The van der Waals surface area contributed by atoms with E-state index in [-0.39, 0.29) is 0 Å². The van der Waals surface area contributed by atoms with Crippen LogP contribution in [0.4, 0.5) is 0 Å². The summed E-state index contributed by atoms with van der Waals surface area (Å²) in [5.41, 5.74) is 0.515. The monoisotopic (exact) mass is 287 g/mol. The third-order valence-electron chi connectivity index (χ3n) is 4.47. The second-order valence-electron chi connectivity index (χ2n) is 6.89. The van der Waals surface area contributed by atoms with Gasteiger partial charge < -0.3 is 5.32 Å². The van der Waals surface area contributed by atoms with E-state index in [4.69, 9.17) is 0 Å². The van der Waals surface area contributed by atoms with Gasteiger partial charge >= 0.3 is 0 Å². The minimum atomic E-state index is 0.515. The summed E-state index contributed by atoms with van der Waals surface area (Å²) >= 11 is 4.31. The fourth-order valence-electron chi connectivity index (χ4n) is 3.12. The Balaban J connectivity index is 1.64. The van der Waals surface area contributed by atoms with Crippen molar-refractivity contribution in [3.8, 4) is 0 Å². The lowest BCUT2D eigenvalue weighted by Crippen LogP contribution is -2.40. The van der Waals surface area contributed by atoms with Gasteiger partial charge in [-0.05, 0) is 37.0 Å². The Morgan fingerprint density at radius 1 is 1.06 bits per heavy atom. The molecule has 0 aromatic rings. The maximum absolute atomic E-state index is 3.83. The number of nitrogens with one attached hydrogen (secondary N) is 1. The predicted molar refractivity (Wildman–Crippen MR) is 86.8 cm³/mol. The first-order chi connectivity index (χ1) is 8.55. The largest absolute Gasteiger partial charge is 0.313 e. The van der Waals surface area contributed by atoms with E-state index in [1.54, 1.807) is 0 Å². The summed E-state index contributed by atoms with van der Waals surface area (Å²) in [7, 11) is 0. The first-order valence-corrected chi connectivity index (χ1v) is 9.69. The Morgan fingerprint density at radius 3 is 2.33 bits per heavy atom. The lowest BCUT2D eigenvalue weighted by molar-refractivity contribution is 0.160. The summed E-state index contributed by atoms with van der Waals surface area (Å²) < 4.78 is 0. The Hall–Kier alpha value is 0.660.